The minimum absolute atomic E-state index is 0.208. The molecule has 0 spiro atoms. The van der Waals surface area contributed by atoms with Gasteiger partial charge in [0.25, 0.3) is 0 Å². The molecule has 0 aliphatic heterocycles. The fraction of sp³-hybridized carbons (Fsp3) is 0.308. The molecule has 0 saturated heterocycles. The molecular formula is C13H15BrN4OS. The van der Waals surface area contributed by atoms with Crippen molar-refractivity contribution < 1.29 is 5.11 Å². The number of halogens is 1. The van der Waals surface area contributed by atoms with Crippen molar-refractivity contribution in [1.29, 1.82) is 0 Å². The predicted molar refractivity (Wildman–Crippen MR) is 84.7 cm³/mol. The number of thioether (sulfide) groups is 1. The van der Waals surface area contributed by atoms with Crippen molar-refractivity contribution in [2.24, 2.45) is 5.10 Å². The standard InChI is InChI=1S/C13H15BrN4OS/c1-8(2)12-16-17-13(20-3)18(12)15-7-9-4-5-11(19)10(14)6-9/h4-8,19H,1-3H3/b15-7-. The van der Waals surface area contributed by atoms with Crippen molar-refractivity contribution in [3.05, 3.63) is 34.1 Å². The van der Waals surface area contributed by atoms with Crippen molar-refractivity contribution in [3.63, 3.8) is 0 Å². The Balaban J connectivity index is 2.35. The second-order valence-corrected chi connectivity index (χ2v) is 6.09. The largest absolute Gasteiger partial charge is 0.507 e. The fourth-order valence-corrected chi connectivity index (χ4v) is 2.43. The summed E-state index contributed by atoms with van der Waals surface area (Å²) in [6.45, 7) is 4.11. The summed E-state index contributed by atoms with van der Waals surface area (Å²) in [4.78, 5) is 0. The number of hydrogen-bond acceptors (Lipinski definition) is 5. The van der Waals surface area contributed by atoms with Gasteiger partial charge in [0.1, 0.15) is 5.75 Å². The van der Waals surface area contributed by atoms with E-state index in [1.807, 2.05) is 6.26 Å². The Hall–Kier alpha value is -1.34. The maximum absolute atomic E-state index is 9.48. The van der Waals surface area contributed by atoms with Crippen LogP contribution in [0.15, 0.2) is 32.9 Å². The summed E-state index contributed by atoms with van der Waals surface area (Å²) in [5.74, 6) is 1.27. The van der Waals surface area contributed by atoms with Gasteiger partial charge in [-0.3, -0.25) is 0 Å². The summed E-state index contributed by atoms with van der Waals surface area (Å²) in [6, 6.07) is 5.22. The number of phenols is 1. The maximum atomic E-state index is 9.48. The van der Waals surface area contributed by atoms with Crippen LogP contribution in [0.4, 0.5) is 0 Å². The molecule has 0 saturated carbocycles. The fourth-order valence-electron chi connectivity index (χ4n) is 1.60. The number of phenolic OH excluding ortho intramolecular Hbond substituents is 1. The maximum Gasteiger partial charge on any atom is 0.211 e. The first-order valence-electron chi connectivity index (χ1n) is 6.05. The Morgan fingerprint density at radius 2 is 2.15 bits per heavy atom. The lowest BCUT2D eigenvalue weighted by molar-refractivity contribution is 0.472. The van der Waals surface area contributed by atoms with Gasteiger partial charge >= 0.3 is 0 Å². The molecule has 0 radical (unpaired) electrons. The SMILES string of the molecule is CSc1nnc(C(C)C)n1/N=C\c1ccc(O)c(Br)c1. The second-order valence-electron chi connectivity index (χ2n) is 4.47. The normalized spacial score (nSPS) is 11.7. The third-order valence-electron chi connectivity index (χ3n) is 2.63. The van der Waals surface area contributed by atoms with Crippen LogP contribution in [0.3, 0.4) is 0 Å². The van der Waals surface area contributed by atoms with Crippen molar-refractivity contribution in [2.45, 2.75) is 24.9 Å². The molecule has 0 bridgehead atoms. The zero-order valence-corrected chi connectivity index (χ0v) is 13.8. The van der Waals surface area contributed by atoms with Gasteiger partial charge in [0.2, 0.25) is 5.16 Å². The Bertz CT molecular complexity index is 639. The minimum atomic E-state index is 0.208. The van der Waals surface area contributed by atoms with Crippen LogP contribution in [-0.2, 0) is 0 Å². The van der Waals surface area contributed by atoms with E-state index in [9.17, 15) is 5.11 Å². The van der Waals surface area contributed by atoms with Crippen LogP contribution in [-0.4, -0.2) is 32.5 Å². The summed E-state index contributed by atoms with van der Waals surface area (Å²) in [5.41, 5.74) is 0.880. The van der Waals surface area contributed by atoms with E-state index in [1.54, 1.807) is 29.1 Å². The molecule has 106 valence electrons. The lowest BCUT2D eigenvalue weighted by atomic mass is 10.2. The quantitative estimate of drug-likeness (QED) is 0.674. The monoisotopic (exact) mass is 354 g/mol. The molecule has 7 heteroatoms. The highest BCUT2D eigenvalue weighted by Crippen LogP contribution is 2.24. The molecule has 1 N–H and O–H groups in total. The Morgan fingerprint density at radius 3 is 2.75 bits per heavy atom. The molecule has 0 amide bonds. The van der Waals surface area contributed by atoms with Gasteiger partial charge < -0.3 is 5.11 Å². The first-order valence-corrected chi connectivity index (χ1v) is 8.07. The van der Waals surface area contributed by atoms with Crippen LogP contribution in [0.25, 0.3) is 0 Å². The summed E-state index contributed by atoms with van der Waals surface area (Å²) < 4.78 is 2.38. The van der Waals surface area contributed by atoms with Crippen LogP contribution in [0.2, 0.25) is 0 Å². The van der Waals surface area contributed by atoms with Crippen LogP contribution in [0, 0.1) is 0 Å². The van der Waals surface area contributed by atoms with Crippen LogP contribution in [0.1, 0.15) is 31.2 Å². The average molecular weight is 355 g/mol. The number of benzene rings is 1. The molecule has 1 aromatic heterocycles. The highest BCUT2D eigenvalue weighted by Gasteiger charge is 2.13. The highest BCUT2D eigenvalue weighted by atomic mass is 79.9. The van der Waals surface area contributed by atoms with E-state index in [1.165, 1.54) is 11.8 Å². The van der Waals surface area contributed by atoms with Crippen molar-refractivity contribution >= 4 is 33.9 Å². The van der Waals surface area contributed by atoms with E-state index in [0.29, 0.717) is 4.47 Å². The molecule has 0 atom stereocenters. The number of nitrogens with zero attached hydrogens (tertiary/aromatic N) is 4. The molecule has 1 heterocycles. The van der Waals surface area contributed by atoms with Gasteiger partial charge in [0.05, 0.1) is 10.7 Å². The summed E-state index contributed by atoms with van der Waals surface area (Å²) in [6.07, 6.45) is 3.66. The van der Waals surface area contributed by atoms with Gasteiger partial charge in [-0.15, -0.1) is 10.2 Å². The van der Waals surface area contributed by atoms with Gasteiger partial charge in [0, 0.05) is 5.92 Å². The van der Waals surface area contributed by atoms with Gasteiger partial charge in [-0.05, 0) is 45.9 Å². The Kier molecular flexibility index (Phi) is 4.82. The van der Waals surface area contributed by atoms with E-state index < -0.39 is 0 Å². The third kappa shape index (κ3) is 3.21. The molecule has 5 nitrogen and oxygen atoms in total. The molecule has 0 fully saturated rings. The summed E-state index contributed by atoms with van der Waals surface area (Å²) in [7, 11) is 0. The minimum Gasteiger partial charge on any atom is -0.507 e. The van der Waals surface area contributed by atoms with Gasteiger partial charge in [-0.25, -0.2) is 0 Å². The molecule has 2 aromatic rings. The number of hydrogen-bond donors (Lipinski definition) is 1. The van der Waals surface area contributed by atoms with Gasteiger partial charge in [-0.1, -0.05) is 25.6 Å². The summed E-state index contributed by atoms with van der Waals surface area (Å²) in [5, 5.41) is 22.9. The Labute approximate surface area is 130 Å². The number of aromatic hydroxyl groups is 1. The van der Waals surface area contributed by atoms with Crippen molar-refractivity contribution in [2.75, 3.05) is 6.26 Å². The third-order valence-corrected chi connectivity index (χ3v) is 3.88. The van der Waals surface area contributed by atoms with Crippen molar-refractivity contribution in [1.82, 2.24) is 14.9 Å². The Morgan fingerprint density at radius 1 is 1.40 bits per heavy atom. The topological polar surface area (TPSA) is 63.3 Å². The zero-order chi connectivity index (χ0) is 14.7. The van der Waals surface area contributed by atoms with Crippen LogP contribution < -0.4 is 0 Å². The van der Waals surface area contributed by atoms with E-state index in [2.05, 4.69) is 45.1 Å². The molecule has 1 aromatic carbocycles. The average Bonchev–Trinajstić information content (AvgIpc) is 2.83. The van der Waals surface area contributed by atoms with Crippen LogP contribution >= 0.6 is 27.7 Å². The van der Waals surface area contributed by atoms with Gasteiger partial charge in [-0.2, -0.15) is 9.78 Å². The molecule has 0 aliphatic carbocycles. The van der Waals surface area contributed by atoms with Crippen molar-refractivity contribution in [3.8, 4) is 5.75 Å². The molecule has 0 aliphatic rings. The summed E-state index contributed by atoms with van der Waals surface area (Å²) >= 11 is 4.78. The predicted octanol–water partition coefficient (Wildman–Crippen LogP) is 3.47. The molecule has 2 rings (SSSR count). The smallest absolute Gasteiger partial charge is 0.211 e. The second kappa shape index (κ2) is 6.41. The first kappa shape index (κ1) is 15.1. The lowest BCUT2D eigenvalue weighted by Crippen LogP contribution is -2.01. The lowest BCUT2D eigenvalue weighted by Gasteiger charge is -2.05. The van der Waals surface area contributed by atoms with E-state index in [0.717, 1.165) is 16.5 Å². The van der Waals surface area contributed by atoms with E-state index in [4.69, 9.17) is 0 Å². The number of aromatic nitrogens is 3. The zero-order valence-electron chi connectivity index (χ0n) is 11.4. The molecule has 20 heavy (non-hydrogen) atoms. The number of rotatable bonds is 4. The van der Waals surface area contributed by atoms with E-state index in [-0.39, 0.29) is 11.7 Å². The first-order chi connectivity index (χ1) is 9.52. The highest BCUT2D eigenvalue weighted by molar-refractivity contribution is 9.10. The van der Waals surface area contributed by atoms with Crippen LogP contribution in [0.5, 0.6) is 5.75 Å². The molecular weight excluding hydrogens is 340 g/mol. The molecule has 0 unspecified atom stereocenters. The van der Waals surface area contributed by atoms with E-state index >= 15 is 0 Å². The van der Waals surface area contributed by atoms with Gasteiger partial charge in [0.15, 0.2) is 5.82 Å².